The molecule has 1 saturated heterocycles. The van der Waals surface area contributed by atoms with Crippen LogP contribution < -0.4 is 0 Å². The van der Waals surface area contributed by atoms with Crippen molar-refractivity contribution in [3.05, 3.63) is 69.3 Å². The van der Waals surface area contributed by atoms with Gasteiger partial charge in [-0.15, -0.1) is 0 Å². The van der Waals surface area contributed by atoms with Gasteiger partial charge >= 0.3 is 0 Å². The number of amides is 1. The van der Waals surface area contributed by atoms with Crippen molar-refractivity contribution in [2.24, 2.45) is 0 Å². The summed E-state index contributed by atoms with van der Waals surface area (Å²) in [6.45, 7) is 13.3. The molecule has 1 aliphatic heterocycles. The average Bonchev–Trinajstić information content (AvgIpc) is 2.92. The van der Waals surface area contributed by atoms with Crippen molar-refractivity contribution in [2.45, 2.75) is 77.2 Å². The molecule has 2 rings (SSSR count). The van der Waals surface area contributed by atoms with Crippen LogP contribution in [-0.4, -0.2) is 54.7 Å². The molecule has 0 saturated carbocycles. The number of likely N-dealkylation sites (tertiary alicyclic amines) is 1. The molecule has 0 aliphatic carbocycles. The second kappa shape index (κ2) is 15.9. The summed E-state index contributed by atoms with van der Waals surface area (Å²) in [6.07, 6.45) is 11.3. The van der Waals surface area contributed by atoms with Crippen LogP contribution in [0.15, 0.2) is 53.6 Å². The standard InChI is InChI=1S/C31H41Cl2N3O2/c1-5-24(3)30(21-36(23-38)25(4)10-9-17-37)26(6-2)11-7-8-14-35-15-12-31(22-34,13-16-35)27-18-28(32)20-29(33)19-27/h5-6,17-20,23,25H,2,7-16,21H2,1,3-4H3/b24-5-,30-26+. The molecule has 0 aromatic heterocycles. The molecule has 1 amide bonds. The molecule has 0 radical (unpaired) electrons. The van der Waals surface area contributed by atoms with Gasteiger partial charge in [-0.2, -0.15) is 5.26 Å². The van der Waals surface area contributed by atoms with E-state index in [1.807, 2.05) is 32.1 Å². The molecule has 1 aliphatic rings. The highest BCUT2D eigenvalue weighted by atomic mass is 35.5. The highest BCUT2D eigenvalue weighted by Gasteiger charge is 2.36. The first-order chi connectivity index (χ1) is 18.2. The summed E-state index contributed by atoms with van der Waals surface area (Å²) in [7, 11) is 0. The van der Waals surface area contributed by atoms with E-state index in [1.165, 1.54) is 0 Å². The van der Waals surface area contributed by atoms with Crippen molar-refractivity contribution >= 4 is 35.9 Å². The lowest BCUT2D eigenvalue weighted by atomic mass is 9.74. The number of carbonyl (C=O) groups is 2. The Bertz CT molecular complexity index is 1050. The smallest absolute Gasteiger partial charge is 0.210 e. The third-order valence-corrected chi connectivity index (χ3v) is 8.23. The third-order valence-electron chi connectivity index (χ3n) is 7.80. The summed E-state index contributed by atoms with van der Waals surface area (Å²) in [5.74, 6) is 0. The molecular formula is C31H41Cl2N3O2. The Balaban J connectivity index is 1.98. The predicted molar refractivity (Wildman–Crippen MR) is 157 cm³/mol. The molecular weight excluding hydrogens is 517 g/mol. The number of carbonyl (C=O) groups excluding carboxylic acids is 2. The number of halogens is 2. The van der Waals surface area contributed by atoms with Gasteiger partial charge in [-0.05, 0) is 114 Å². The number of unbranched alkanes of at least 4 members (excludes halogenated alkanes) is 1. The van der Waals surface area contributed by atoms with Crippen LogP contribution in [0.3, 0.4) is 0 Å². The number of rotatable bonds is 15. The zero-order valence-electron chi connectivity index (χ0n) is 23.0. The molecule has 5 nitrogen and oxygen atoms in total. The monoisotopic (exact) mass is 557 g/mol. The van der Waals surface area contributed by atoms with Gasteiger partial charge in [0.15, 0.2) is 0 Å². The first-order valence-electron chi connectivity index (χ1n) is 13.5. The van der Waals surface area contributed by atoms with E-state index in [-0.39, 0.29) is 6.04 Å². The van der Waals surface area contributed by atoms with E-state index in [1.54, 1.807) is 11.0 Å². The van der Waals surface area contributed by atoms with Gasteiger partial charge in [0.2, 0.25) is 6.41 Å². The van der Waals surface area contributed by atoms with E-state index < -0.39 is 5.41 Å². The van der Waals surface area contributed by atoms with Crippen LogP contribution >= 0.6 is 23.2 Å². The maximum Gasteiger partial charge on any atom is 0.210 e. The Morgan fingerprint density at radius 1 is 1.21 bits per heavy atom. The molecule has 38 heavy (non-hydrogen) atoms. The zero-order valence-corrected chi connectivity index (χ0v) is 24.5. The van der Waals surface area contributed by atoms with Gasteiger partial charge in [0.25, 0.3) is 0 Å². The number of hydrogen-bond donors (Lipinski definition) is 0. The van der Waals surface area contributed by atoms with Crippen LogP contribution in [0.5, 0.6) is 0 Å². The highest BCUT2D eigenvalue weighted by Crippen LogP contribution is 2.37. The first-order valence-corrected chi connectivity index (χ1v) is 14.2. The molecule has 1 heterocycles. The quantitative estimate of drug-likeness (QED) is 0.129. The lowest BCUT2D eigenvalue weighted by molar-refractivity contribution is -0.120. The molecule has 0 bridgehead atoms. The number of nitrogens with zero attached hydrogens (tertiary/aromatic N) is 3. The van der Waals surface area contributed by atoms with Gasteiger partial charge in [0, 0.05) is 29.1 Å². The maximum atomic E-state index is 11.8. The van der Waals surface area contributed by atoms with Gasteiger partial charge in [0.05, 0.1) is 11.5 Å². The summed E-state index contributed by atoms with van der Waals surface area (Å²) in [5.41, 5.74) is 3.80. The summed E-state index contributed by atoms with van der Waals surface area (Å²) in [5, 5.41) is 11.2. The van der Waals surface area contributed by atoms with E-state index in [0.717, 1.165) is 86.7 Å². The van der Waals surface area contributed by atoms with Crippen LogP contribution in [-0.2, 0) is 15.0 Å². The predicted octanol–water partition coefficient (Wildman–Crippen LogP) is 7.30. The Kier molecular flexibility index (Phi) is 13.3. The topological polar surface area (TPSA) is 64.4 Å². The third kappa shape index (κ3) is 8.83. The molecule has 1 aromatic rings. The fourth-order valence-electron chi connectivity index (χ4n) is 5.09. The van der Waals surface area contributed by atoms with Gasteiger partial charge in [0.1, 0.15) is 6.29 Å². The van der Waals surface area contributed by atoms with Crippen LogP contribution in [0.1, 0.15) is 71.3 Å². The Morgan fingerprint density at radius 3 is 2.39 bits per heavy atom. The molecule has 1 fully saturated rings. The van der Waals surface area contributed by atoms with E-state index >= 15 is 0 Å². The van der Waals surface area contributed by atoms with E-state index in [4.69, 9.17) is 23.2 Å². The highest BCUT2D eigenvalue weighted by molar-refractivity contribution is 6.34. The average molecular weight is 559 g/mol. The summed E-state index contributed by atoms with van der Waals surface area (Å²) in [4.78, 5) is 26.8. The SMILES string of the molecule is C=C/C(CCCCN1CCC(C#N)(c2cc(Cl)cc(Cl)c2)CC1)=C(CN(C=O)C(C)CCC=O)\C(C)=C/C. The summed E-state index contributed by atoms with van der Waals surface area (Å²) in [6, 6.07) is 7.99. The van der Waals surface area contributed by atoms with Gasteiger partial charge in [-0.3, -0.25) is 4.79 Å². The Hall–Kier alpha value is -2.39. The Labute approximate surface area is 238 Å². The van der Waals surface area contributed by atoms with E-state index in [0.29, 0.717) is 29.4 Å². The molecule has 0 N–H and O–H groups in total. The fraction of sp³-hybridized carbons (Fsp3) is 0.516. The lowest BCUT2D eigenvalue weighted by Crippen LogP contribution is -2.42. The number of piperidine rings is 1. The molecule has 1 aromatic carbocycles. The van der Waals surface area contributed by atoms with Gasteiger partial charge < -0.3 is 14.6 Å². The second-order valence-electron chi connectivity index (χ2n) is 10.2. The van der Waals surface area contributed by atoms with Crippen molar-refractivity contribution in [2.75, 3.05) is 26.2 Å². The largest absolute Gasteiger partial charge is 0.338 e. The molecule has 206 valence electrons. The maximum absolute atomic E-state index is 11.8. The normalized spacial score (nSPS) is 17.2. The molecule has 1 unspecified atom stereocenters. The van der Waals surface area contributed by atoms with E-state index in [2.05, 4.69) is 30.5 Å². The number of nitriles is 1. The number of benzene rings is 1. The lowest BCUT2D eigenvalue weighted by Gasteiger charge is -2.37. The van der Waals surface area contributed by atoms with Crippen molar-refractivity contribution < 1.29 is 9.59 Å². The number of hydrogen-bond acceptors (Lipinski definition) is 4. The minimum atomic E-state index is -0.546. The fourth-order valence-corrected chi connectivity index (χ4v) is 5.61. The molecule has 1 atom stereocenters. The van der Waals surface area contributed by atoms with Gasteiger partial charge in [-0.25, -0.2) is 0 Å². The zero-order chi connectivity index (χ0) is 28.1. The minimum absolute atomic E-state index is 0.00834. The summed E-state index contributed by atoms with van der Waals surface area (Å²) < 4.78 is 0. The first kappa shape index (κ1) is 31.8. The second-order valence-corrected chi connectivity index (χ2v) is 11.1. The molecule has 0 spiro atoms. The van der Waals surface area contributed by atoms with Crippen molar-refractivity contribution in [3.63, 3.8) is 0 Å². The number of aldehydes is 1. The van der Waals surface area contributed by atoms with Crippen molar-refractivity contribution in [1.82, 2.24) is 9.80 Å². The van der Waals surface area contributed by atoms with E-state index in [9.17, 15) is 14.9 Å². The minimum Gasteiger partial charge on any atom is -0.338 e. The van der Waals surface area contributed by atoms with Crippen LogP contribution in [0.2, 0.25) is 10.0 Å². The molecule has 7 heteroatoms. The van der Waals surface area contributed by atoms with Crippen molar-refractivity contribution in [3.8, 4) is 6.07 Å². The van der Waals surface area contributed by atoms with Crippen LogP contribution in [0.25, 0.3) is 0 Å². The number of allylic oxidation sites excluding steroid dienone is 3. The van der Waals surface area contributed by atoms with Crippen molar-refractivity contribution in [1.29, 1.82) is 5.26 Å². The van der Waals surface area contributed by atoms with Gasteiger partial charge in [-0.1, -0.05) is 47.5 Å². The van der Waals surface area contributed by atoms with Crippen LogP contribution in [0, 0.1) is 11.3 Å². The van der Waals surface area contributed by atoms with Crippen LogP contribution in [0.4, 0.5) is 0 Å². The summed E-state index contributed by atoms with van der Waals surface area (Å²) >= 11 is 12.4. The Morgan fingerprint density at radius 2 is 1.87 bits per heavy atom.